The molecule has 0 aliphatic carbocycles. The minimum Gasteiger partial charge on any atom is -0.507 e. The summed E-state index contributed by atoms with van der Waals surface area (Å²) in [6.07, 6.45) is 1.41. The number of H-pyrrole nitrogens is 1. The maximum atomic E-state index is 11.9. The number of phenols is 1. The number of anilines is 1. The molecule has 0 radical (unpaired) electrons. The lowest BCUT2D eigenvalue weighted by molar-refractivity contribution is 0.474. The molecular weight excluding hydrogens is 350 g/mol. The van der Waals surface area contributed by atoms with Crippen molar-refractivity contribution in [3.63, 3.8) is 0 Å². The standard InChI is InChI=1S/C14H16BrN5O2/c1-14(2,3)11-12(22)17-13(20-18-11)19-16-7-8-6-9(15)4-5-10(8)21/h4-7,21H,1-3H3,(H2,17,19,20,22)/b16-7+. The summed E-state index contributed by atoms with van der Waals surface area (Å²) in [5.74, 6) is 0.222. The Morgan fingerprint density at radius 3 is 2.73 bits per heavy atom. The quantitative estimate of drug-likeness (QED) is 0.572. The van der Waals surface area contributed by atoms with Gasteiger partial charge in [-0.1, -0.05) is 36.7 Å². The van der Waals surface area contributed by atoms with Crippen LogP contribution in [0.15, 0.2) is 32.6 Å². The average Bonchev–Trinajstić information content (AvgIpc) is 2.41. The lowest BCUT2D eigenvalue weighted by atomic mass is 9.93. The van der Waals surface area contributed by atoms with E-state index in [2.05, 4.69) is 41.6 Å². The molecular formula is C14H16BrN5O2. The van der Waals surface area contributed by atoms with Crippen LogP contribution in [0.2, 0.25) is 0 Å². The van der Waals surface area contributed by atoms with E-state index in [0.717, 1.165) is 4.47 Å². The van der Waals surface area contributed by atoms with Crippen molar-refractivity contribution in [2.24, 2.45) is 5.10 Å². The van der Waals surface area contributed by atoms with Crippen LogP contribution in [0.5, 0.6) is 5.75 Å². The molecule has 1 aromatic heterocycles. The van der Waals surface area contributed by atoms with Gasteiger partial charge in [0.2, 0.25) is 5.95 Å². The number of aromatic hydroxyl groups is 1. The Morgan fingerprint density at radius 1 is 1.36 bits per heavy atom. The van der Waals surface area contributed by atoms with E-state index >= 15 is 0 Å². The molecule has 0 fully saturated rings. The van der Waals surface area contributed by atoms with E-state index in [9.17, 15) is 9.90 Å². The summed E-state index contributed by atoms with van der Waals surface area (Å²) < 4.78 is 0.814. The molecule has 0 bridgehead atoms. The molecule has 116 valence electrons. The summed E-state index contributed by atoms with van der Waals surface area (Å²) in [7, 11) is 0. The van der Waals surface area contributed by atoms with Crippen LogP contribution < -0.4 is 11.0 Å². The molecule has 0 amide bonds. The van der Waals surface area contributed by atoms with Crippen molar-refractivity contribution in [3.05, 3.63) is 44.3 Å². The van der Waals surface area contributed by atoms with Crippen LogP contribution >= 0.6 is 15.9 Å². The maximum absolute atomic E-state index is 11.9. The van der Waals surface area contributed by atoms with E-state index in [-0.39, 0.29) is 22.7 Å². The molecule has 0 spiro atoms. The summed E-state index contributed by atoms with van der Waals surface area (Å²) >= 11 is 3.31. The molecule has 2 aromatic rings. The van der Waals surface area contributed by atoms with Gasteiger partial charge in [-0.25, -0.2) is 5.43 Å². The zero-order chi connectivity index (χ0) is 16.3. The zero-order valence-electron chi connectivity index (χ0n) is 12.4. The third-order valence-electron chi connectivity index (χ3n) is 2.77. The van der Waals surface area contributed by atoms with Crippen molar-refractivity contribution < 1.29 is 5.11 Å². The number of nitrogens with one attached hydrogen (secondary N) is 2. The first kappa shape index (κ1) is 16.2. The summed E-state index contributed by atoms with van der Waals surface area (Å²) in [6.45, 7) is 5.65. The zero-order valence-corrected chi connectivity index (χ0v) is 14.0. The van der Waals surface area contributed by atoms with E-state index in [0.29, 0.717) is 11.3 Å². The van der Waals surface area contributed by atoms with Crippen LogP contribution in [0, 0.1) is 0 Å². The second kappa shape index (κ2) is 6.27. The van der Waals surface area contributed by atoms with Crippen molar-refractivity contribution in [3.8, 4) is 5.75 Å². The van der Waals surface area contributed by atoms with Gasteiger partial charge in [0.1, 0.15) is 11.4 Å². The third kappa shape index (κ3) is 3.91. The number of benzene rings is 1. The SMILES string of the molecule is CC(C)(C)c1nnc(N/N=C/c2cc(Br)ccc2O)[nH]c1=O. The predicted molar refractivity (Wildman–Crippen MR) is 88.4 cm³/mol. The maximum Gasteiger partial charge on any atom is 0.274 e. The fraction of sp³-hybridized carbons (Fsp3) is 0.286. The molecule has 0 aliphatic rings. The number of hydrogen-bond acceptors (Lipinski definition) is 6. The number of aromatic amines is 1. The fourth-order valence-corrected chi connectivity index (χ4v) is 2.05. The van der Waals surface area contributed by atoms with Gasteiger partial charge in [0.05, 0.1) is 6.21 Å². The first-order valence-electron chi connectivity index (χ1n) is 6.52. The van der Waals surface area contributed by atoms with Crippen LogP contribution in [0.1, 0.15) is 32.0 Å². The lowest BCUT2D eigenvalue weighted by Crippen LogP contribution is -2.28. The van der Waals surface area contributed by atoms with Crippen molar-refractivity contribution >= 4 is 28.1 Å². The number of rotatable bonds is 3. The van der Waals surface area contributed by atoms with Gasteiger partial charge >= 0.3 is 0 Å². The van der Waals surface area contributed by atoms with Crippen molar-refractivity contribution in [2.45, 2.75) is 26.2 Å². The summed E-state index contributed by atoms with van der Waals surface area (Å²) in [4.78, 5) is 14.5. The number of phenolic OH excluding ortho intramolecular Hbond substituents is 1. The third-order valence-corrected chi connectivity index (χ3v) is 3.26. The highest BCUT2D eigenvalue weighted by Crippen LogP contribution is 2.20. The minimum absolute atomic E-state index is 0.0939. The van der Waals surface area contributed by atoms with Gasteiger partial charge in [-0.05, 0) is 18.2 Å². The van der Waals surface area contributed by atoms with E-state index in [1.165, 1.54) is 6.21 Å². The largest absolute Gasteiger partial charge is 0.507 e. The van der Waals surface area contributed by atoms with Crippen LogP contribution in [0.4, 0.5) is 5.95 Å². The van der Waals surface area contributed by atoms with Crippen LogP contribution in [0.3, 0.4) is 0 Å². The Hall–Kier alpha value is -2.22. The molecule has 1 heterocycles. The van der Waals surface area contributed by atoms with E-state index in [4.69, 9.17) is 0 Å². The molecule has 22 heavy (non-hydrogen) atoms. The highest BCUT2D eigenvalue weighted by molar-refractivity contribution is 9.10. The second-order valence-corrected chi connectivity index (χ2v) is 6.59. The number of hydrazone groups is 1. The van der Waals surface area contributed by atoms with Crippen molar-refractivity contribution in [2.75, 3.05) is 5.43 Å². The molecule has 2 rings (SSSR count). The smallest absolute Gasteiger partial charge is 0.274 e. The van der Waals surface area contributed by atoms with Gasteiger partial charge in [-0.2, -0.15) is 5.10 Å². The summed E-state index contributed by atoms with van der Waals surface area (Å²) in [5.41, 5.74) is 2.74. The van der Waals surface area contributed by atoms with Gasteiger partial charge in [0.25, 0.3) is 5.56 Å². The van der Waals surface area contributed by atoms with E-state index in [1.807, 2.05) is 20.8 Å². The number of nitrogens with zero attached hydrogens (tertiary/aromatic N) is 3. The summed E-state index contributed by atoms with van der Waals surface area (Å²) in [6, 6.07) is 4.97. The highest BCUT2D eigenvalue weighted by Gasteiger charge is 2.20. The Bertz CT molecular complexity index is 765. The van der Waals surface area contributed by atoms with Gasteiger partial charge in [0.15, 0.2) is 0 Å². The fourth-order valence-electron chi connectivity index (χ4n) is 1.67. The normalized spacial score (nSPS) is 11.8. The molecule has 0 unspecified atom stereocenters. The number of aromatic nitrogens is 3. The van der Waals surface area contributed by atoms with E-state index in [1.54, 1.807) is 18.2 Å². The van der Waals surface area contributed by atoms with Crippen molar-refractivity contribution in [1.29, 1.82) is 0 Å². The van der Waals surface area contributed by atoms with Crippen LogP contribution in [-0.4, -0.2) is 26.5 Å². The molecule has 3 N–H and O–H groups in total. The highest BCUT2D eigenvalue weighted by atomic mass is 79.9. The monoisotopic (exact) mass is 365 g/mol. The van der Waals surface area contributed by atoms with E-state index < -0.39 is 0 Å². The lowest BCUT2D eigenvalue weighted by Gasteiger charge is -2.15. The number of hydrogen-bond donors (Lipinski definition) is 3. The van der Waals surface area contributed by atoms with Crippen molar-refractivity contribution in [1.82, 2.24) is 15.2 Å². The molecule has 0 aliphatic heterocycles. The Labute approximate surface area is 135 Å². The molecule has 7 nitrogen and oxygen atoms in total. The van der Waals surface area contributed by atoms with Gasteiger partial charge in [-0.3, -0.25) is 9.78 Å². The number of halogens is 1. The molecule has 0 saturated heterocycles. The van der Waals surface area contributed by atoms with Gasteiger partial charge < -0.3 is 5.11 Å². The summed E-state index contributed by atoms with van der Waals surface area (Å²) in [5, 5.41) is 21.4. The first-order valence-corrected chi connectivity index (χ1v) is 7.32. The van der Waals surface area contributed by atoms with Crippen LogP contribution in [-0.2, 0) is 5.41 Å². The molecule has 0 atom stereocenters. The van der Waals surface area contributed by atoms with Gasteiger partial charge in [-0.15, -0.1) is 10.2 Å². The van der Waals surface area contributed by atoms with Crippen LogP contribution in [0.25, 0.3) is 0 Å². The first-order chi connectivity index (χ1) is 10.3. The topological polar surface area (TPSA) is 103 Å². The molecule has 1 aromatic carbocycles. The van der Waals surface area contributed by atoms with Gasteiger partial charge in [0, 0.05) is 15.5 Å². The molecule has 0 saturated carbocycles. The average molecular weight is 366 g/mol. The molecule has 8 heteroatoms. The Kier molecular flexibility index (Phi) is 4.60. The second-order valence-electron chi connectivity index (χ2n) is 5.67. The minimum atomic E-state index is -0.384. The Balaban J connectivity index is 2.15. The Morgan fingerprint density at radius 2 is 2.09 bits per heavy atom. The predicted octanol–water partition coefficient (Wildman–Crippen LogP) is 2.38.